The van der Waals surface area contributed by atoms with Crippen molar-refractivity contribution in [3.63, 3.8) is 0 Å². The van der Waals surface area contributed by atoms with E-state index >= 15 is 0 Å². The Kier molecular flexibility index (Phi) is 7.05. The predicted molar refractivity (Wildman–Crippen MR) is 106 cm³/mol. The summed E-state index contributed by atoms with van der Waals surface area (Å²) in [7, 11) is 0. The molecule has 3 rings (SSSR count). The zero-order valence-electron chi connectivity index (χ0n) is 16.7. The molecule has 1 aromatic carbocycles. The monoisotopic (exact) mass is 378 g/mol. The van der Waals surface area contributed by atoms with E-state index in [0.717, 1.165) is 48.3 Å². The second kappa shape index (κ2) is 9.30. The number of benzene rings is 1. The summed E-state index contributed by atoms with van der Waals surface area (Å²) in [5.74, 6) is -0.415. The quantitative estimate of drug-likeness (QED) is 0.456. The molecule has 0 radical (unpaired) electrons. The second-order valence-electron chi connectivity index (χ2n) is 8.85. The lowest BCUT2D eigenvalue weighted by atomic mass is 9.68. The van der Waals surface area contributed by atoms with E-state index in [1.807, 2.05) is 6.92 Å². The molecule has 0 N–H and O–H groups in total. The van der Waals surface area contributed by atoms with Crippen LogP contribution in [0.3, 0.4) is 0 Å². The molecule has 27 heavy (non-hydrogen) atoms. The average molecular weight is 379 g/mol. The van der Waals surface area contributed by atoms with Crippen LogP contribution in [0.4, 0.5) is 13.2 Å². The highest BCUT2D eigenvalue weighted by Crippen LogP contribution is 2.42. The summed E-state index contributed by atoms with van der Waals surface area (Å²) in [4.78, 5) is 0. The molecule has 0 saturated heterocycles. The van der Waals surface area contributed by atoms with Crippen LogP contribution in [-0.2, 0) is 0 Å². The zero-order chi connectivity index (χ0) is 19.4. The normalized spacial score (nSPS) is 29.7. The molecule has 3 heteroatoms. The van der Waals surface area contributed by atoms with Gasteiger partial charge in [-0.3, -0.25) is 0 Å². The van der Waals surface area contributed by atoms with Crippen LogP contribution in [0.15, 0.2) is 18.2 Å². The predicted octanol–water partition coefficient (Wildman–Crippen LogP) is 7.92. The topological polar surface area (TPSA) is 0 Å². The van der Waals surface area contributed by atoms with Gasteiger partial charge in [0, 0.05) is 0 Å². The molecule has 2 fully saturated rings. The minimum Gasteiger partial charge on any atom is -0.204 e. The molecule has 0 nitrogen and oxygen atoms in total. The molecule has 0 unspecified atom stereocenters. The van der Waals surface area contributed by atoms with E-state index in [4.69, 9.17) is 0 Å². The summed E-state index contributed by atoms with van der Waals surface area (Å²) < 4.78 is 40.1. The summed E-state index contributed by atoms with van der Waals surface area (Å²) >= 11 is 0. The molecular formula is C24H33F3. The molecule has 150 valence electrons. The summed E-state index contributed by atoms with van der Waals surface area (Å²) in [6, 6.07) is 2.20. The van der Waals surface area contributed by atoms with Gasteiger partial charge >= 0.3 is 0 Å². The van der Waals surface area contributed by atoms with Crippen molar-refractivity contribution < 1.29 is 13.2 Å². The first-order valence-electron chi connectivity index (χ1n) is 10.8. The maximum Gasteiger partial charge on any atom is 0.194 e. The van der Waals surface area contributed by atoms with Crippen LogP contribution in [0.2, 0.25) is 0 Å². The standard InChI is InChI=1S/C24H33F3/c1-3-4-17-5-9-19(10-6-17)20-11-7-18(8-12-20)13-16(2)21-14-22(25)24(27)23(26)15-21/h13-15,17-20H,3-12H2,1-2H3/b16-13+. The molecule has 0 aliphatic heterocycles. The Hall–Kier alpha value is -1.25. The van der Waals surface area contributed by atoms with Crippen LogP contribution < -0.4 is 0 Å². The van der Waals surface area contributed by atoms with Gasteiger partial charge < -0.3 is 0 Å². The van der Waals surface area contributed by atoms with Gasteiger partial charge in [-0.25, -0.2) is 13.2 Å². The maximum absolute atomic E-state index is 13.5. The lowest BCUT2D eigenvalue weighted by molar-refractivity contribution is 0.152. The van der Waals surface area contributed by atoms with Crippen molar-refractivity contribution in [3.05, 3.63) is 41.2 Å². The van der Waals surface area contributed by atoms with Crippen LogP contribution in [0.1, 0.15) is 83.6 Å². The summed E-state index contributed by atoms with van der Waals surface area (Å²) in [6.45, 7) is 4.16. The highest BCUT2D eigenvalue weighted by Gasteiger charge is 2.30. The van der Waals surface area contributed by atoms with Crippen LogP contribution >= 0.6 is 0 Å². The van der Waals surface area contributed by atoms with Gasteiger partial charge in [-0.2, -0.15) is 0 Å². The van der Waals surface area contributed by atoms with Crippen molar-refractivity contribution in [2.75, 3.05) is 0 Å². The fourth-order valence-corrected chi connectivity index (χ4v) is 5.37. The highest BCUT2D eigenvalue weighted by atomic mass is 19.2. The minimum absolute atomic E-state index is 0.447. The molecule has 2 aliphatic carbocycles. The minimum atomic E-state index is -1.39. The maximum atomic E-state index is 13.5. The van der Waals surface area contributed by atoms with Crippen molar-refractivity contribution in [3.8, 4) is 0 Å². The molecule has 1 aromatic rings. The van der Waals surface area contributed by atoms with Gasteiger partial charge in [-0.15, -0.1) is 0 Å². The SMILES string of the molecule is CCCC1CCC(C2CCC(/C=C(\C)c3cc(F)c(F)c(F)c3)CC2)CC1. The number of hydrogen-bond acceptors (Lipinski definition) is 0. The third-order valence-electron chi connectivity index (χ3n) is 7.00. The van der Waals surface area contributed by atoms with Crippen molar-refractivity contribution in [2.24, 2.45) is 23.7 Å². The molecule has 0 spiro atoms. The van der Waals surface area contributed by atoms with Gasteiger partial charge in [-0.05, 0) is 92.4 Å². The van der Waals surface area contributed by atoms with E-state index < -0.39 is 17.5 Å². The largest absolute Gasteiger partial charge is 0.204 e. The van der Waals surface area contributed by atoms with Crippen LogP contribution in [0, 0.1) is 41.1 Å². The van der Waals surface area contributed by atoms with E-state index in [1.54, 1.807) is 0 Å². The highest BCUT2D eigenvalue weighted by molar-refractivity contribution is 5.64. The van der Waals surface area contributed by atoms with E-state index in [9.17, 15) is 13.2 Å². The third-order valence-corrected chi connectivity index (χ3v) is 7.00. The lowest BCUT2D eigenvalue weighted by Gasteiger charge is -2.37. The van der Waals surface area contributed by atoms with Gasteiger partial charge in [0.25, 0.3) is 0 Å². The average Bonchev–Trinajstić information content (AvgIpc) is 2.67. The Bertz CT molecular complexity index is 625. The van der Waals surface area contributed by atoms with Crippen LogP contribution in [-0.4, -0.2) is 0 Å². The molecule has 0 atom stereocenters. The van der Waals surface area contributed by atoms with Crippen molar-refractivity contribution in [1.29, 1.82) is 0 Å². The Morgan fingerprint density at radius 2 is 1.41 bits per heavy atom. The first kappa shape index (κ1) is 20.5. The van der Waals surface area contributed by atoms with Crippen molar-refractivity contribution in [1.82, 2.24) is 0 Å². The Morgan fingerprint density at radius 3 is 1.93 bits per heavy atom. The van der Waals surface area contributed by atoms with Gasteiger partial charge in [0.1, 0.15) is 0 Å². The molecule has 0 amide bonds. The smallest absolute Gasteiger partial charge is 0.194 e. The zero-order valence-corrected chi connectivity index (χ0v) is 16.7. The van der Waals surface area contributed by atoms with Crippen LogP contribution in [0.5, 0.6) is 0 Å². The molecule has 0 aromatic heterocycles. The molecule has 0 bridgehead atoms. The van der Waals surface area contributed by atoms with Gasteiger partial charge in [0.2, 0.25) is 0 Å². The van der Waals surface area contributed by atoms with Gasteiger partial charge in [-0.1, -0.05) is 38.7 Å². The number of hydrogen-bond donors (Lipinski definition) is 0. The third kappa shape index (κ3) is 5.18. The van der Waals surface area contributed by atoms with Gasteiger partial charge in [0.05, 0.1) is 0 Å². The van der Waals surface area contributed by atoms with E-state index in [1.165, 1.54) is 51.4 Å². The fraction of sp³-hybridized carbons (Fsp3) is 0.667. The van der Waals surface area contributed by atoms with E-state index in [0.29, 0.717) is 11.5 Å². The Morgan fingerprint density at radius 1 is 0.889 bits per heavy atom. The molecule has 2 saturated carbocycles. The van der Waals surface area contributed by atoms with Crippen molar-refractivity contribution in [2.45, 2.75) is 78.1 Å². The summed E-state index contributed by atoms with van der Waals surface area (Å²) in [5, 5.41) is 0. The van der Waals surface area contributed by atoms with Crippen LogP contribution in [0.25, 0.3) is 5.57 Å². The first-order chi connectivity index (χ1) is 13.0. The second-order valence-corrected chi connectivity index (χ2v) is 8.85. The fourth-order valence-electron chi connectivity index (χ4n) is 5.37. The Balaban J connectivity index is 1.53. The number of rotatable bonds is 5. The number of halogens is 3. The number of allylic oxidation sites excluding steroid dienone is 2. The lowest BCUT2D eigenvalue weighted by Crippen LogP contribution is -2.25. The molecule has 2 aliphatic rings. The molecule has 0 heterocycles. The first-order valence-corrected chi connectivity index (χ1v) is 10.8. The Labute approximate surface area is 162 Å². The summed E-state index contributed by atoms with van der Waals surface area (Å²) in [5.41, 5.74) is 1.29. The van der Waals surface area contributed by atoms with E-state index in [-0.39, 0.29) is 0 Å². The summed E-state index contributed by atoms with van der Waals surface area (Å²) in [6.07, 6.45) is 15.3. The van der Waals surface area contributed by atoms with Crippen molar-refractivity contribution >= 4 is 5.57 Å². The van der Waals surface area contributed by atoms with E-state index in [2.05, 4.69) is 13.0 Å². The molecular weight excluding hydrogens is 345 g/mol. The van der Waals surface area contributed by atoms with Gasteiger partial charge in [0.15, 0.2) is 17.5 Å².